The lowest BCUT2D eigenvalue weighted by Crippen LogP contribution is -2.56. The fourth-order valence-electron chi connectivity index (χ4n) is 3.89. The first kappa shape index (κ1) is 22.8. The number of nitriles is 1. The van der Waals surface area contributed by atoms with Gasteiger partial charge in [-0.25, -0.2) is 0 Å². The predicted molar refractivity (Wildman–Crippen MR) is 112 cm³/mol. The molecule has 166 valence electrons. The average molecular weight is 443 g/mol. The fourth-order valence-corrected chi connectivity index (χ4v) is 3.89. The minimum absolute atomic E-state index is 0.0194. The number of fused-ring (bicyclic) bond motifs is 1. The number of rotatable bonds is 6. The van der Waals surface area contributed by atoms with Crippen molar-refractivity contribution < 1.29 is 23.1 Å². The standard InChI is InChI=1S/C22H20F3N5O2/c23-22(24,25)12-30-19(14(10-27)11-28)18(16-6-1-2-7-17(16)21(30)32)20(31)29-15-5-3-4-13(8-15)9-26/h1-8,10-11,18-20,27,29,31H,12,28H2/b14-11+,27-10?/t18-,19+,20?/m0/s1. The Hall–Kier alpha value is -3.84. The number of anilines is 1. The summed E-state index contributed by atoms with van der Waals surface area (Å²) in [6.07, 6.45) is -4.47. The number of benzene rings is 2. The number of carbonyl (C=O) groups excluding carboxylic acids is 1. The quantitative estimate of drug-likeness (QED) is 0.403. The first-order chi connectivity index (χ1) is 15.2. The molecule has 7 nitrogen and oxygen atoms in total. The number of amides is 1. The highest BCUT2D eigenvalue weighted by Crippen LogP contribution is 2.40. The van der Waals surface area contributed by atoms with E-state index in [1.54, 1.807) is 30.3 Å². The average Bonchev–Trinajstić information content (AvgIpc) is 2.76. The Labute approximate surface area is 182 Å². The second-order valence-corrected chi connectivity index (χ2v) is 7.20. The lowest BCUT2D eigenvalue weighted by molar-refractivity contribution is -0.145. The molecule has 1 aliphatic rings. The molecule has 0 radical (unpaired) electrons. The normalized spacial score (nSPS) is 19.7. The molecule has 0 saturated heterocycles. The van der Waals surface area contributed by atoms with Crippen LogP contribution in [0, 0.1) is 16.7 Å². The number of carbonyl (C=O) groups is 1. The van der Waals surface area contributed by atoms with Crippen LogP contribution in [-0.4, -0.2) is 47.1 Å². The third kappa shape index (κ3) is 4.58. The van der Waals surface area contributed by atoms with E-state index in [0.717, 1.165) is 12.4 Å². The van der Waals surface area contributed by atoms with Gasteiger partial charge < -0.3 is 26.5 Å². The maximum Gasteiger partial charge on any atom is 0.406 e. The van der Waals surface area contributed by atoms with Crippen molar-refractivity contribution in [3.8, 4) is 6.07 Å². The van der Waals surface area contributed by atoms with Crippen molar-refractivity contribution in [3.05, 3.63) is 77.0 Å². The molecule has 2 aromatic rings. The largest absolute Gasteiger partial charge is 0.406 e. The molecule has 0 fully saturated rings. The summed E-state index contributed by atoms with van der Waals surface area (Å²) < 4.78 is 40.1. The molecule has 32 heavy (non-hydrogen) atoms. The zero-order valence-corrected chi connectivity index (χ0v) is 16.7. The Kier molecular flexibility index (Phi) is 6.50. The highest BCUT2D eigenvalue weighted by Gasteiger charge is 2.47. The lowest BCUT2D eigenvalue weighted by atomic mass is 9.78. The Morgan fingerprint density at radius 2 is 2.03 bits per heavy atom. The Bertz CT molecular complexity index is 1090. The van der Waals surface area contributed by atoms with Crippen LogP contribution in [0.15, 0.2) is 60.3 Å². The van der Waals surface area contributed by atoms with Crippen molar-refractivity contribution in [2.75, 3.05) is 11.9 Å². The number of aliphatic hydroxyl groups excluding tert-OH is 1. The van der Waals surface area contributed by atoms with Gasteiger partial charge in [0.15, 0.2) is 0 Å². The molecular weight excluding hydrogens is 423 g/mol. The highest BCUT2D eigenvalue weighted by molar-refractivity contribution is 5.99. The maximum atomic E-state index is 13.4. The van der Waals surface area contributed by atoms with Gasteiger partial charge >= 0.3 is 6.18 Å². The Morgan fingerprint density at radius 3 is 2.66 bits per heavy atom. The van der Waals surface area contributed by atoms with Gasteiger partial charge in [0.1, 0.15) is 12.8 Å². The van der Waals surface area contributed by atoms with Gasteiger partial charge in [-0.3, -0.25) is 4.79 Å². The molecule has 0 spiro atoms. The minimum Gasteiger partial charge on any atom is -0.404 e. The van der Waals surface area contributed by atoms with Crippen LogP contribution in [0.4, 0.5) is 18.9 Å². The first-order valence-corrected chi connectivity index (χ1v) is 9.54. The lowest BCUT2D eigenvalue weighted by Gasteiger charge is -2.44. The van der Waals surface area contributed by atoms with E-state index < -0.39 is 36.8 Å². The summed E-state index contributed by atoms with van der Waals surface area (Å²) in [6, 6.07) is 12.9. The number of aliphatic hydroxyl groups is 1. The Morgan fingerprint density at radius 1 is 1.31 bits per heavy atom. The van der Waals surface area contributed by atoms with Crippen LogP contribution < -0.4 is 11.1 Å². The number of nitrogens with one attached hydrogen (secondary N) is 2. The summed E-state index contributed by atoms with van der Waals surface area (Å²) in [6.45, 7) is -1.58. The number of hydrogen-bond acceptors (Lipinski definition) is 6. The molecule has 1 heterocycles. The monoisotopic (exact) mass is 443 g/mol. The predicted octanol–water partition coefficient (Wildman–Crippen LogP) is 2.95. The molecule has 0 aromatic heterocycles. The van der Waals surface area contributed by atoms with Crippen LogP contribution in [0.5, 0.6) is 0 Å². The molecule has 0 aliphatic carbocycles. The summed E-state index contributed by atoms with van der Waals surface area (Å²) in [5.41, 5.74) is 6.54. The fraction of sp³-hybridized carbons (Fsp3) is 0.227. The van der Waals surface area contributed by atoms with Crippen molar-refractivity contribution in [2.24, 2.45) is 5.73 Å². The van der Waals surface area contributed by atoms with Crippen LogP contribution in [0.25, 0.3) is 0 Å². The second-order valence-electron chi connectivity index (χ2n) is 7.20. The number of halogens is 3. The van der Waals surface area contributed by atoms with E-state index in [4.69, 9.17) is 16.4 Å². The zero-order valence-electron chi connectivity index (χ0n) is 16.7. The third-order valence-corrected chi connectivity index (χ3v) is 5.18. The molecule has 2 aromatic carbocycles. The number of hydrogen-bond donors (Lipinski definition) is 4. The zero-order chi connectivity index (χ0) is 23.5. The van der Waals surface area contributed by atoms with E-state index in [2.05, 4.69) is 5.32 Å². The van der Waals surface area contributed by atoms with Crippen molar-refractivity contribution in [3.63, 3.8) is 0 Å². The molecular formula is C22H20F3N5O2. The number of nitrogens with two attached hydrogens (primary N) is 1. The smallest absolute Gasteiger partial charge is 0.404 e. The van der Waals surface area contributed by atoms with Crippen LogP contribution in [0.3, 0.4) is 0 Å². The van der Waals surface area contributed by atoms with Gasteiger partial charge in [-0.1, -0.05) is 24.3 Å². The van der Waals surface area contributed by atoms with Gasteiger partial charge in [-0.05, 0) is 29.8 Å². The van der Waals surface area contributed by atoms with Gasteiger partial charge in [0.05, 0.1) is 23.6 Å². The van der Waals surface area contributed by atoms with E-state index in [1.165, 1.54) is 18.2 Å². The molecule has 0 saturated carbocycles. The summed E-state index contributed by atoms with van der Waals surface area (Å²) in [5, 5.41) is 30.6. The van der Waals surface area contributed by atoms with Crippen LogP contribution in [0.1, 0.15) is 27.4 Å². The molecule has 3 rings (SSSR count). The van der Waals surface area contributed by atoms with Gasteiger partial charge in [0.25, 0.3) is 5.91 Å². The number of nitrogens with zero attached hydrogens (tertiary/aromatic N) is 2. The summed E-state index contributed by atoms with van der Waals surface area (Å²) in [5.74, 6) is -1.97. The van der Waals surface area contributed by atoms with Gasteiger partial charge in [0.2, 0.25) is 0 Å². The van der Waals surface area contributed by atoms with Crippen molar-refractivity contribution >= 4 is 17.8 Å². The van der Waals surface area contributed by atoms with E-state index in [9.17, 15) is 23.1 Å². The molecule has 1 aliphatic heterocycles. The SMILES string of the molecule is N#Cc1cccc(NC(O)[C@H]2c3ccccc3C(=O)N(CC(F)(F)F)[C@@H]2/C(C=N)=C/N)c1. The van der Waals surface area contributed by atoms with E-state index in [-0.39, 0.29) is 11.1 Å². The molecule has 1 unspecified atom stereocenters. The Balaban J connectivity index is 2.13. The van der Waals surface area contributed by atoms with E-state index in [1.807, 2.05) is 6.07 Å². The number of alkyl halides is 3. The topological polar surface area (TPSA) is 126 Å². The molecule has 1 amide bonds. The van der Waals surface area contributed by atoms with Crippen LogP contribution in [0.2, 0.25) is 0 Å². The van der Waals surface area contributed by atoms with Gasteiger partial charge in [-0.15, -0.1) is 0 Å². The highest BCUT2D eigenvalue weighted by atomic mass is 19.4. The van der Waals surface area contributed by atoms with Crippen molar-refractivity contribution in [1.82, 2.24) is 4.90 Å². The minimum atomic E-state index is -4.72. The second kappa shape index (κ2) is 9.11. The third-order valence-electron chi connectivity index (χ3n) is 5.18. The molecule has 10 heteroatoms. The van der Waals surface area contributed by atoms with Crippen molar-refractivity contribution in [1.29, 1.82) is 10.7 Å². The van der Waals surface area contributed by atoms with Crippen LogP contribution in [-0.2, 0) is 0 Å². The van der Waals surface area contributed by atoms with Gasteiger partial charge in [0, 0.05) is 29.2 Å². The van der Waals surface area contributed by atoms with Crippen molar-refractivity contribution in [2.45, 2.75) is 24.4 Å². The van der Waals surface area contributed by atoms with E-state index in [0.29, 0.717) is 21.7 Å². The molecule has 5 N–H and O–H groups in total. The summed E-state index contributed by atoms with van der Waals surface area (Å²) >= 11 is 0. The molecule has 0 bridgehead atoms. The maximum absolute atomic E-state index is 13.4. The molecule has 3 atom stereocenters. The first-order valence-electron chi connectivity index (χ1n) is 9.54. The summed E-state index contributed by atoms with van der Waals surface area (Å²) in [4.78, 5) is 13.6. The van der Waals surface area contributed by atoms with Gasteiger partial charge in [-0.2, -0.15) is 18.4 Å². The van der Waals surface area contributed by atoms with E-state index >= 15 is 0 Å². The van der Waals surface area contributed by atoms with Crippen LogP contribution >= 0.6 is 0 Å². The summed E-state index contributed by atoms with van der Waals surface area (Å²) in [7, 11) is 0.